The molecule has 184 valence electrons. The molecule has 1 fully saturated rings. The summed E-state index contributed by atoms with van der Waals surface area (Å²) in [7, 11) is 0. The number of nitrogens with zero attached hydrogens (tertiary/aromatic N) is 1. The first-order valence-corrected chi connectivity index (χ1v) is 12.3. The minimum Gasteiger partial charge on any atom is -0.448 e. The van der Waals surface area contributed by atoms with E-state index < -0.39 is 11.7 Å². The lowest BCUT2D eigenvalue weighted by Crippen LogP contribution is -2.43. The van der Waals surface area contributed by atoms with Crippen LogP contribution in [0, 0.1) is 6.92 Å². The number of aryl methyl sites for hydroxylation is 1. The maximum atomic E-state index is 13.3. The van der Waals surface area contributed by atoms with E-state index in [0.717, 1.165) is 41.2 Å². The molecule has 0 saturated carbocycles. The van der Waals surface area contributed by atoms with Crippen LogP contribution in [0.25, 0.3) is 16.7 Å². The van der Waals surface area contributed by atoms with Crippen molar-refractivity contribution in [2.45, 2.75) is 50.4 Å². The number of carbonyl (C=O) groups is 1. The Labute approximate surface area is 208 Å². The fraction of sp³-hybridized carbons (Fsp3) is 0.300. The summed E-state index contributed by atoms with van der Waals surface area (Å²) in [4.78, 5) is 15.1. The zero-order valence-corrected chi connectivity index (χ0v) is 19.9. The third kappa shape index (κ3) is 3.80. The lowest BCUT2D eigenvalue weighted by molar-refractivity contribution is -0.137. The number of hydrogen-bond acceptors (Lipinski definition) is 2. The minimum absolute atomic E-state index is 0.0114. The van der Waals surface area contributed by atoms with Crippen LogP contribution < -0.4 is 0 Å². The average Bonchev–Trinajstić information content (AvgIpc) is 3.33. The lowest BCUT2D eigenvalue weighted by Gasteiger charge is -2.34. The molecule has 0 N–H and O–H groups in total. The van der Waals surface area contributed by atoms with Crippen LogP contribution in [-0.2, 0) is 10.9 Å². The molecule has 6 heteroatoms. The van der Waals surface area contributed by atoms with Gasteiger partial charge in [0, 0.05) is 12.0 Å². The van der Waals surface area contributed by atoms with Gasteiger partial charge in [-0.05, 0) is 77.3 Å². The zero-order chi connectivity index (χ0) is 25.0. The van der Waals surface area contributed by atoms with Crippen molar-refractivity contribution in [3.05, 3.63) is 101 Å². The fourth-order valence-electron chi connectivity index (χ4n) is 6.13. The van der Waals surface area contributed by atoms with Crippen LogP contribution in [0.15, 0.2) is 72.8 Å². The molecule has 2 bridgehead atoms. The van der Waals surface area contributed by atoms with E-state index in [1.165, 1.54) is 23.3 Å². The van der Waals surface area contributed by atoms with Crippen LogP contribution >= 0.6 is 0 Å². The fourth-order valence-corrected chi connectivity index (χ4v) is 6.13. The van der Waals surface area contributed by atoms with Gasteiger partial charge in [0.15, 0.2) is 0 Å². The van der Waals surface area contributed by atoms with Gasteiger partial charge in [-0.1, -0.05) is 60.7 Å². The summed E-state index contributed by atoms with van der Waals surface area (Å²) < 4.78 is 45.8. The Kier molecular flexibility index (Phi) is 5.43. The predicted octanol–water partition coefficient (Wildman–Crippen LogP) is 7.58. The first-order valence-electron chi connectivity index (χ1n) is 12.3. The largest absolute Gasteiger partial charge is 0.448 e. The van der Waals surface area contributed by atoms with Gasteiger partial charge >= 0.3 is 12.3 Å². The van der Waals surface area contributed by atoms with Crippen molar-refractivity contribution in [1.29, 1.82) is 0 Å². The lowest BCUT2D eigenvalue weighted by atomic mass is 9.91. The molecular weight excluding hydrogens is 463 g/mol. The van der Waals surface area contributed by atoms with E-state index in [2.05, 4.69) is 24.3 Å². The van der Waals surface area contributed by atoms with E-state index >= 15 is 0 Å². The minimum atomic E-state index is -4.38. The molecule has 1 aliphatic carbocycles. The maximum absolute atomic E-state index is 13.3. The SMILES string of the molecule is Cc1ccc(C(F)(F)F)cc1C1=CC2CCC(C1)N2C(=O)OCC1c2ccccc2-c2ccccc21. The highest BCUT2D eigenvalue weighted by atomic mass is 19.4. The second-order valence-corrected chi connectivity index (χ2v) is 9.93. The number of hydrogen-bond donors (Lipinski definition) is 0. The van der Waals surface area contributed by atoms with Gasteiger partial charge in [-0.15, -0.1) is 0 Å². The molecule has 0 aromatic heterocycles. The highest BCUT2D eigenvalue weighted by Gasteiger charge is 2.42. The quantitative estimate of drug-likeness (QED) is 0.379. The summed E-state index contributed by atoms with van der Waals surface area (Å²) in [6.45, 7) is 2.09. The van der Waals surface area contributed by atoms with E-state index in [-0.39, 0.29) is 30.7 Å². The molecule has 1 amide bonds. The smallest absolute Gasteiger partial charge is 0.416 e. The van der Waals surface area contributed by atoms with Gasteiger partial charge in [0.05, 0.1) is 11.6 Å². The number of halogens is 3. The summed E-state index contributed by atoms with van der Waals surface area (Å²) in [5, 5.41) is 0. The number of fused-ring (bicyclic) bond motifs is 5. The molecular formula is C30H26F3NO2. The predicted molar refractivity (Wildman–Crippen MR) is 132 cm³/mol. The third-order valence-corrected chi connectivity index (χ3v) is 7.85. The Bertz CT molecular complexity index is 1330. The normalized spacial score (nSPS) is 20.7. The van der Waals surface area contributed by atoms with Crippen LogP contribution in [-0.4, -0.2) is 29.7 Å². The van der Waals surface area contributed by atoms with Gasteiger partial charge in [-0.25, -0.2) is 4.79 Å². The molecule has 6 rings (SSSR count). The van der Waals surface area contributed by atoms with Crippen molar-refractivity contribution in [1.82, 2.24) is 4.90 Å². The van der Waals surface area contributed by atoms with Crippen LogP contribution in [0.3, 0.4) is 0 Å². The van der Waals surface area contributed by atoms with Gasteiger partial charge in [-0.3, -0.25) is 4.90 Å². The molecule has 0 spiro atoms. The summed E-state index contributed by atoms with van der Waals surface area (Å²) in [5.41, 5.74) is 6.35. The first-order chi connectivity index (χ1) is 17.3. The number of benzene rings is 3. The van der Waals surface area contributed by atoms with Gasteiger partial charge in [-0.2, -0.15) is 13.2 Å². The monoisotopic (exact) mass is 489 g/mol. The third-order valence-electron chi connectivity index (χ3n) is 7.85. The van der Waals surface area contributed by atoms with Crippen LogP contribution in [0.1, 0.15) is 53.0 Å². The molecule has 2 unspecified atom stereocenters. The molecule has 36 heavy (non-hydrogen) atoms. The van der Waals surface area contributed by atoms with Crippen molar-refractivity contribution >= 4 is 11.7 Å². The van der Waals surface area contributed by atoms with Crippen molar-refractivity contribution in [3.63, 3.8) is 0 Å². The maximum Gasteiger partial charge on any atom is 0.416 e. The molecule has 3 aromatic rings. The second-order valence-electron chi connectivity index (χ2n) is 9.93. The number of rotatable bonds is 3. The van der Waals surface area contributed by atoms with Crippen molar-refractivity contribution in [3.8, 4) is 11.1 Å². The van der Waals surface area contributed by atoms with E-state index in [1.54, 1.807) is 4.90 Å². The van der Waals surface area contributed by atoms with Crippen LogP contribution in [0.5, 0.6) is 0 Å². The zero-order valence-electron chi connectivity index (χ0n) is 19.9. The van der Waals surface area contributed by atoms with Gasteiger partial charge in [0.1, 0.15) is 6.61 Å². The molecule has 1 saturated heterocycles. The van der Waals surface area contributed by atoms with E-state index in [0.29, 0.717) is 12.0 Å². The standard InChI is InChI=1S/C30H26F3NO2/c1-18-10-11-20(30(31,32)33)16-27(18)19-14-21-12-13-22(15-19)34(21)29(35)36-17-28-25-8-4-2-6-23(25)24-7-3-5-9-26(24)28/h2-11,14,16,21-22,28H,12-13,15,17H2,1H3. The van der Waals surface area contributed by atoms with E-state index in [9.17, 15) is 18.0 Å². The van der Waals surface area contributed by atoms with E-state index in [4.69, 9.17) is 4.74 Å². The number of ether oxygens (including phenoxy) is 1. The Morgan fingerprint density at radius 1 is 0.944 bits per heavy atom. The van der Waals surface area contributed by atoms with Crippen molar-refractivity contribution in [2.24, 2.45) is 0 Å². The van der Waals surface area contributed by atoms with Crippen molar-refractivity contribution in [2.75, 3.05) is 6.61 Å². The van der Waals surface area contributed by atoms with Crippen LogP contribution in [0.2, 0.25) is 0 Å². The van der Waals surface area contributed by atoms with Gasteiger partial charge in [0.2, 0.25) is 0 Å². The van der Waals surface area contributed by atoms with Gasteiger partial charge in [0.25, 0.3) is 0 Å². The highest BCUT2D eigenvalue weighted by molar-refractivity contribution is 5.79. The van der Waals surface area contributed by atoms with Crippen molar-refractivity contribution < 1.29 is 22.7 Å². The molecule has 2 atom stereocenters. The first kappa shape index (κ1) is 22.9. The Morgan fingerprint density at radius 2 is 1.61 bits per heavy atom. The Morgan fingerprint density at radius 3 is 2.25 bits per heavy atom. The summed E-state index contributed by atoms with van der Waals surface area (Å²) in [5.74, 6) is -0.0114. The molecule has 3 nitrogen and oxygen atoms in total. The number of amides is 1. The topological polar surface area (TPSA) is 29.5 Å². The Balaban J connectivity index is 1.21. The summed E-state index contributed by atoms with van der Waals surface area (Å²) >= 11 is 0. The van der Waals surface area contributed by atoms with Gasteiger partial charge < -0.3 is 4.74 Å². The Hall–Kier alpha value is -3.54. The molecule has 3 aromatic carbocycles. The molecule has 2 aliphatic heterocycles. The summed E-state index contributed by atoms with van der Waals surface area (Å²) in [6, 6.07) is 20.1. The van der Waals surface area contributed by atoms with Crippen LogP contribution in [0.4, 0.5) is 18.0 Å². The molecule has 2 heterocycles. The number of alkyl halides is 3. The number of carbonyl (C=O) groups excluding carboxylic acids is 1. The second kappa shape index (κ2) is 8.54. The molecule has 3 aliphatic rings. The average molecular weight is 490 g/mol. The molecule has 0 radical (unpaired) electrons. The summed E-state index contributed by atoms with van der Waals surface area (Å²) in [6.07, 6.45) is -0.635. The van der Waals surface area contributed by atoms with E-state index in [1.807, 2.05) is 37.3 Å². The highest BCUT2D eigenvalue weighted by Crippen LogP contribution is 2.45.